The predicted octanol–water partition coefficient (Wildman–Crippen LogP) is 0.185. The predicted molar refractivity (Wildman–Crippen MR) is 63.0 cm³/mol. The maximum Gasteiger partial charge on any atom is 0.312 e. The van der Waals surface area contributed by atoms with Crippen molar-refractivity contribution in [3.63, 3.8) is 0 Å². The maximum atomic E-state index is 10.4. The van der Waals surface area contributed by atoms with Crippen LogP contribution in [0.5, 0.6) is 0 Å². The van der Waals surface area contributed by atoms with Crippen molar-refractivity contribution in [2.24, 2.45) is 11.7 Å². The fourth-order valence-corrected chi connectivity index (χ4v) is 2.26. The van der Waals surface area contributed by atoms with E-state index in [-0.39, 0.29) is 6.10 Å². The minimum atomic E-state index is -0.506. The minimum Gasteiger partial charge on any atom is -0.392 e. The third-order valence-corrected chi connectivity index (χ3v) is 3.06. The standard InChI is InChI=1S/C11H23N3O2/c12-11(16)14-6-5-13-8-10(15)7-9-3-1-2-4-9/h9-10,13,15H,1-8H2,(H3,12,14,16). The van der Waals surface area contributed by atoms with Crippen molar-refractivity contribution in [2.45, 2.75) is 38.2 Å². The molecule has 0 aromatic rings. The molecule has 0 saturated heterocycles. The highest BCUT2D eigenvalue weighted by Gasteiger charge is 2.18. The molecular formula is C11H23N3O2. The molecule has 16 heavy (non-hydrogen) atoms. The fraction of sp³-hybridized carbons (Fsp3) is 0.909. The Morgan fingerprint density at radius 3 is 2.69 bits per heavy atom. The van der Waals surface area contributed by atoms with Gasteiger partial charge in [-0.2, -0.15) is 0 Å². The van der Waals surface area contributed by atoms with Gasteiger partial charge >= 0.3 is 6.03 Å². The van der Waals surface area contributed by atoms with Crippen molar-refractivity contribution in [1.82, 2.24) is 10.6 Å². The van der Waals surface area contributed by atoms with Crippen LogP contribution in [0.15, 0.2) is 0 Å². The molecule has 0 bridgehead atoms. The van der Waals surface area contributed by atoms with E-state index in [4.69, 9.17) is 5.73 Å². The lowest BCUT2D eigenvalue weighted by atomic mass is 10.0. The van der Waals surface area contributed by atoms with Crippen molar-refractivity contribution in [2.75, 3.05) is 19.6 Å². The summed E-state index contributed by atoms with van der Waals surface area (Å²) in [5.74, 6) is 0.709. The molecule has 5 N–H and O–H groups in total. The highest BCUT2D eigenvalue weighted by atomic mass is 16.3. The highest BCUT2D eigenvalue weighted by molar-refractivity contribution is 5.71. The second-order valence-corrected chi connectivity index (χ2v) is 4.54. The van der Waals surface area contributed by atoms with Gasteiger partial charge in [0.15, 0.2) is 0 Å². The van der Waals surface area contributed by atoms with Gasteiger partial charge in [-0.3, -0.25) is 0 Å². The van der Waals surface area contributed by atoms with Crippen molar-refractivity contribution in [3.05, 3.63) is 0 Å². The van der Waals surface area contributed by atoms with Crippen molar-refractivity contribution >= 4 is 6.03 Å². The number of rotatable bonds is 7. The van der Waals surface area contributed by atoms with Crippen LogP contribution >= 0.6 is 0 Å². The van der Waals surface area contributed by atoms with Gasteiger partial charge in [-0.05, 0) is 12.3 Å². The Kier molecular flexibility index (Phi) is 6.18. The molecule has 1 rings (SSSR count). The average Bonchev–Trinajstić information content (AvgIpc) is 2.69. The molecule has 0 aromatic heterocycles. The molecule has 1 atom stereocenters. The lowest BCUT2D eigenvalue weighted by Crippen LogP contribution is -2.37. The molecule has 94 valence electrons. The monoisotopic (exact) mass is 229 g/mol. The van der Waals surface area contributed by atoms with Crippen molar-refractivity contribution in [1.29, 1.82) is 0 Å². The Hall–Kier alpha value is -0.810. The molecule has 1 aliphatic carbocycles. The summed E-state index contributed by atoms with van der Waals surface area (Å²) in [6.45, 7) is 1.74. The maximum absolute atomic E-state index is 10.4. The zero-order valence-corrected chi connectivity index (χ0v) is 9.74. The molecule has 0 aliphatic heterocycles. The van der Waals surface area contributed by atoms with E-state index in [0.29, 0.717) is 25.6 Å². The number of urea groups is 1. The van der Waals surface area contributed by atoms with E-state index in [9.17, 15) is 9.90 Å². The summed E-state index contributed by atoms with van der Waals surface area (Å²) in [5, 5.41) is 15.3. The number of hydrogen-bond acceptors (Lipinski definition) is 3. The molecule has 0 aromatic carbocycles. The summed E-state index contributed by atoms with van der Waals surface area (Å²) in [6, 6.07) is -0.506. The largest absolute Gasteiger partial charge is 0.392 e. The zero-order valence-electron chi connectivity index (χ0n) is 9.74. The van der Waals surface area contributed by atoms with E-state index >= 15 is 0 Å². The second-order valence-electron chi connectivity index (χ2n) is 4.54. The molecule has 0 radical (unpaired) electrons. The van der Waals surface area contributed by atoms with Crippen LogP contribution in [0.4, 0.5) is 4.79 Å². The molecule has 1 fully saturated rings. The van der Waals surface area contributed by atoms with Crippen LogP contribution < -0.4 is 16.4 Å². The van der Waals surface area contributed by atoms with Gasteiger partial charge < -0.3 is 21.5 Å². The van der Waals surface area contributed by atoms with Crippen LogP contribution in [0, 0.1) is 5.92 Å². The van der Waals surface area contributed by atoms with E-state index in [2.05, 4.69) is 10.6 Å². The summed E-state index contributed by atoms with van der Waals surface area (Å²) in [7, 11) is 0. The number of carbonyl (C=O) groups is 1. The molecule has 2 amide bonds. The van der Waals surface area contributed by atoms with Crippen LogP contribution in [-0.4, -0.2) is 36.9 Å². The molecule has 5 heteroatoms. The van der Waals surface area contributed by atoms with E-state index in [1.165, 1.54) is 25.7 Å². The van der Waals surface area contributed by atoms with E-state index in [0.717, 1.165) is 6.42 Å². The Labute approximate surface area is 96.8 Å². The Bertz CT molecular complexity index is 205. The van der Waals surface area contributed by atoms with Gasteiger partial charge in [0.05, 0.1) is 6.10 Å². The SMILES string of the molecule is NC(=O)NCCNCC(O)CC1CCCC1. The normalized spacial score (nSPS) is 18.6. The lowest BCUT2D eigenvalue weighted by molar-refractivity contribution is 0.141. The Morgan fingerprint density at radius 2 is 2.06 bits per heavy atom. The van der Waals surface area contributed by atoms with Crippen LogP contribution in [0.25, 0.3) is 0 Å². The van der Waals surface area contributed by atoms with Crippen LogP contribution in [-0.2, 0) is 0 Å². The molecule has 1 aliphatic rings. The molecule has 0 spiro atoms. The number of aliphatic hydroxyl groups excluding tert-OH is 1. The number of hydrogen-bond donors (Lipinski definition) is 4. The van der Waals surface area contributed by atoms with E-state index in [1.54, 1.807) is 0 Å². The van der Waals surface area contributed by atoms with Crippen LogP contribution in [0.1, 0.15) is 32.1 Å². The van der Waals surface area contributed by atoms with E-state index < -0.39 is 6.03 Å². The summed E-state index contributed by atoms with van der Waals surface area (Å²) in [5.41, 5.74) is 4.92. The zero-order chi connectivity index (χ0) is 11.8. The molecule has 0 heterocycles. The van der Waals surface area contributed by atoms with Gasteiger partial charge in [0, 0.05) is 19.6 Å². The van der Waals surface area contributed by atoms with Gasteiger partial charge in [0.1, 0.15) is 0 Å². The fourth-order valence-electron chi connectivity index (χ4n) is 2.26. The number of nitrogens with one attached hydrogen (secondary N) is 2. The summed E-state index contributed by atoms with van der Waals surface area (Å²) in [4.78, 5) is 10.4. The number of nitrogens with two attached hydrogens (primary N) is 1. The number of amides is 2. The molecule has 1 saturated carbocycles. The van der Waals surface area contributed by atoms with Crippen molar-refractivity contribution < 1.29 is 9.90 Å². The Morgan fingerprint density at radius 1 is 1.38 bits per heavy atom. The van der Waals surface area contributed by atoms with Gasteiger partial charge in [0.2, 0.25) is 0 Å². The number of primary amides is 1. The van der Waals surface area contributed by atoms with Gasteiger partial charge in [0.25, 0.3) is 0 Å². The molecule has 1 unspecified atom stereocenters. The summed E-state index contributed by atoms with van der Waals surface area (Å²) >= 11 is 0. The van der Waals surface area contributed by atoms with Crippen molar-refractivity contribution in [3.8, 4) is 0 Å². The number of carbonyl (C=O) groups excluding carboxylic acids is 1. The molecular weight excluding hydrogens is 206 g/mol. The first kappa shape index (κ1) is 13.3. The first-order chi connectivity index (χ1) is 7.68. The van der Waals surface area contributed by atoms with Gasteiger partial charge in [-0.25, -0.2) is 4.79 Å². The minimum absolute atomic E-state index is 0.267. The highest BCUT2D eigenvalue weighted by Crippen LogP contribution is 2.28. The molecule has 5 nitrogen and oxygen atoms in total. The van der Waals surface area contributed by atoms with E-state index in [1.807, 2.05) is 0 Å². The topological polar surface area (TPSA) is 87.4 Å². The first-order valence-corrected chi connectivity index (χ1v) is 6.10. The third-order valence-electron chi connectivity index (χ3n) is 3.06. The number of aliphatic hydroxyl groups is 1. The third kappa shape index (κ3) is 5.92. The van der Waals surface area contributed by atoms with Gasteiger partial charge in [-0.15, -0.1) is 0 Å². The quantitative estimate of drug-likeness (QED) is 0.470. The van der Waals surface area contributed by atoms with Crippen LogP contribution in [0.3, 0.4) is 0 Å². The Balaban J connectivity index is 1.93. The summed E-state index contributed by atoms with van der Waals surface area (Å²) in [6.07, 6.45) is 5.79. The van der Waals surface area contributed by atoms with Gasteiger partial charge in [-0.1, -0.05) is 25.7 Å². The first-order valence-electron chi connectivity index (χ1n) is 6.10. The average molecular weight is 229 g/mol. The van der Waals surface area contributed by atoms with Crippen LogP contribution in [0.2, 0.25) is 0 Å². The smallest absolute Gasteiger partial charge is 0.312 e. The second kappa shape index (κ2) is 7.46. The lowest BCUT2D eigenvalue weighted by Gasteiger charge is -2.15. The summed E-state index contributed by atoms with van der Waals surface area (Å²) < 4.78 is 0.